The molecule has 0 aliphatic heterocycles. The van der Waals surface area contributed by atoms with E-state index >= 15 is 0 Å². The molecular formula is C18H17ClO2. The van der Waals surface area contributed by atoms with Crippen molar-refractivity contribution >= 4 is 17.4 Å². The third kappa shape index (κ3) is 3.11. The quantitative estimate of drug-likeness (QED) is 0.771. The fourth-order valence-corrected chi connectivity index (χ4v) is 2.95. The van der Waals surface area contributed by atoms with Gasteiger partial charge in [0.25, 0.3) is 0 Å². The van der Waals surface area contributed by atoms with Crippen molar-refractivity contribution in [2.24, 2.45) is 0 Å². The molecule has 108 valence electrons. The highest BCUT2D eigenvalue weighted by atomic mass is 35.5. The zero-order valence-corrected chi connectivity index (χ0v) is 12.7. The Balaban J connectivity index is 1.77. The topological polar surface area (TPSA) is 26.3 Å². The van der Waals surface area contributed by atoms with Crippen molar-refractivity contribution in [3.05, 3.63) is 63.7 Å². The summed E-state index contributed by atoms with van der Waals surface area (Å²) in [5, 5.41) is 0.546. The average Bonchev–Trinajstić information content (AvgIpc) is 2.93. The summed E-state index contributed by atoms with van der Waals surface area (Å²) in [6, 6.07) is 11.7. The summed E-state index contributed by atoms with van der Waals surface area (Å²) in [4.78, 5) is 11.6. The maximum atomic E-state index is 11.6. The van der Waals surface area contributed by atoms with Gasteiger partial charge in [0, 0.05) is 5.02 Å². The Labute approximate surface area is 129 Å². The number of fused-ring (bicyclic) bond motifs is 1. The lowest BCUT2D eigenvalue weighted by Crippen LogP contribution is -2.02. The second-order valence-electron chi connectivity index (χ2n) is 5.44. The lowest BCUT2D eigenvalue weighted by atomic mass is 10.1. The molecule has 3 heteroatoms. The molecule has 0 N–H and O–H groups in total. The van der Waals surface area contributed by atoms with Crippen molar-refractivity contribution < 1.29 is 9.53 Å². The maximum Gasteiger partial charge on any atom is 0.163 e. The highest BCUT2D eigenvalue weighted by molar-refractivity contribution is 6.31. The van der Waals surface area contributed by atoms with E-state index in [1.54, 1.807) is 18.2 Å². The van der Waals surface area contributed by atoms with Gasteiger partial charge in [0.1, 0.15) is 12.4 Å². The number of Topliss-reactive ketones (excluding diaryl/α,β-unsaturated/α-hetero) is 1. The molecule has 1 aliphatic rings. The standard InChI is InChI=1S/C18H17ClO2/c1-12(20)17-10-16(19)7-8-18(17)21-11-13-5-6-14-3-2-4-15(14)9-13/h5-10H,2-4,11H2,1H3. The fourth-order valence-electron chi connectivity index (χ4n) is 2.78. The molecule has 0 unspecified atom stereocenters. The van der Waals surface area contributed by atoms with Crippen LogP contribution in [0.25, 0.3) is 0 Å². The van der Waals surface area contributed by atoms with Crippen LogP contribution in [0.15, 0.2) is 36.4 Å². The van der Waals surface area contributed by atoms with Crippen molar-refractivity contribution in [2.45, 2.75) is 32.8 Å². The molecule has 3 rings (SSSR count). The summed E-state index contributed by atoms with van der Waals surface area (Å²) < 4.78 is 5.82. The van der Waals surface area contributed by atoms with E-state index in [9.17, 15) is 4.79 Å². The van der Waals surface area contributed by atoms with Gasteiger partial charge in [-0.15, -0.1) is 0 Å². The van der Waals surface area contributed by atoms with Crippen LogP contribution in [-0.2, 0) is 19.4 Å². The molecule has 0 spiro atoms. The van der Waals surface area contributed by atoms with Crippen molar-refractivity contribution in [2.75, 3.05) is 0 Å². The second kappa shape index (κ2) is 5.90. The van der Waals surface area contributed by atoms with Gasteiger partial charge in [-0.2, -0.15) is 0 Å². The zero-order chi connectivity index (χ0) is 14.8. The van der Waals surface area contributed by atoms with Gasteiger partial charge >= 0.3 is 0 Å². The molecule has 1 aliphatic carbocycles. The lowest BCUT2D eigenvalue weighted by Gasteiger charge is -2.11. The first-order chi connectivity index (χ1) is 10.1. The highest BCUT2D eigenvalue weighted by Crippen LogP contribution is 2.26. The number of hydrogen-bond donors (Lipinski definition) is 0. The van der Waals surface area contributed by atoms with E-state index in [1.807, 2.05) is 0 Å². The molecule has 0 bridgehead atoms. The van der Waals surface area contributed by atoms with E-state index in [-0.39, 0.29) is 5.78 Å². The second-order valence-corrected chi connectivity index (χ2v) is 5.88. The smallest absolute Gasteiger partial charge is 0.163 e. The first-order valence-electron chi connectivity index (χ1n) is 7.17. The Bertz CT molecular complexity index is 692. The molecule has 0 amide bonds. The number of ketones is 1. The van der Waals surface area contributed by atoms with Gasteiger partial charge in [-0.3, -0.25) is 4.79 Å². The number of carbonyl (C=O) groups excluding carboxylic acids is 1. The number of carbonyl (C=O) groups is 1. The van der Waals surface area contributed by atoms with Crippen LogP contribution in [-0.4, -0.2) is 5.78 Å². The van der Waals surface area contributed by atoms with Crippen LogP contribution in [0.3, 0.4) is 0 Å². The molecule has 0 heterocycles. The minimum absolute atomic E-state index is 0.0403. The van der Waals surface area contributed by atoms with E-state index in [0.29, 0.717) is 22.9 Å². The lowest BCUT2D eigenvalue weighted by molar-refractivity contribution is 0.101. The Morgan fingerprint density at radius 1 is 1.14 bits per heavy atom. The van der Waals surface area contributed by atoms with Crippen molar-refractivity contribution in [3.8, 4) is 5.75 Å². The van der Waals surface area contributed by atoms with Gasteiger partial charge in [-0.25, -0.2) is 0 Å². The fraction of sp³-hybridized carbons (Fsp3) is 0.278. The molecule has 2 aromatic rings. The third-order valence-corrected chi connectivity index (χ3v) is 4.11. The van der Waals surface area contributed by atoms with Crippen LogP contribution < -0.4 is 4.74 Å². The Kier molecular flexibility index (Phi) is 3.98. The van der Waals surface area contributed by atoms with E-state index < -0.39 is 0 Å². The summed E-state index contributed by atoms with van der Waals surface area (Å²) >= 11 is 5.93. The first-order valence-corrected chi connectivity index (χ1v) is 7.55. The summed E-state index contributed by atoms with van der Waals surface area (Å²) in [6.45, 7) is 1.99. The Morgan fingerprint density at radius 3 is 2.76 bits per heavy atom. The van der Waals surface area contributed by atoms with Gasteiger partial charge in [-0.1, -0.05) is 29.8 Å². The molecule has 0 atom stereocenters. The normalized spacial score (nSPS) is 13.0. The number of hydrogen-bond acceptors (Lipinski definition) is 2. The zero-order valence-electron chi connectivity index (χ0n) is 12.0. The summed E-state index contributed by atoms with van der Waals surface area (Å²) in [7, 11) is 0. The van der Waals surface area contributed by atoms with Crippen molar-refractivity contribution in [1.29, 1.82) is 0 Å². The van der Waals surface area contributed by atoms with Crippen LogP contribution in [0.5, 0.6) is 5.75 Å². The highest BCUT2D eigenvalue weighted by Gasteiger charge is 2.12. The number of ether oxygens (including phenoxy) is 1. The van der Waals surface area contributed by atoms with Crippen LogP contribution in [0, 0.1) is 0 Å². The summed E-state index contributed by atoms with van der Waals surface area (Å²) in [5.41, 5.74) is 4.55. The predicted octanol–water partition coefficient (Wildman–Crippen LogP) is 4.61. The SMILES string of the molecule is CC(=O)c1cc(Cl)ccc1OCc1ccc2c(c1)CCC2. The van der Waals surface area contributed by atoms with Gasteiger partial charge < -0.3 is 4.74 Å². The molecule has 0 radical (unpaired) electrons. The number of aryl methyl sites for hydroxylation is 2. The van der Waals surface area contributed by atoms with Crippen LogP contribution in [0.1, 0.15) is 40.4 Å². The predicted molar refractivity (Wildman–Crippen MR) is 84.3 cm³/mol. The third-order valence-electron chi connectivity index (χ3n) is 3.88. The number of benzene rings is 2. The Morgan fingerprint density at radius 2 is 1.95 bits per heavy atom. The van der Waals surface area contributed by atoms with Gasteiger partial charge in [0.05, 0.1) is 5.56 Å². The van der Waals surface area contributed by atoms with E-state index in [2.05, 4.69) is 18.2 Å². The Hall–Kier alpha value is -1.80. The van der Waals surface area contributed by atoms with Crippen LogP contribution in [0.2, 0.25) is 5.02 Å². The first kappa shape index (κ1) is 14.2. The summed E-state index contributed by atoms with van der Waals surface area (Å²) in [5.74, 6) is 0.550. The van der Waals surface area contributed by atoms with Gasteiger partial charge in [0.2, 0.25) is 0 Å². The molecule has 0 saturated carbocycles. The molecule has 2 nitrogen and oxygen atoms in total. The average molecular weight is 301 g/mol. The van der Waals surface area contributed by atoms with Crippen LogP contribution >= 0.6 is 11.6 Å². The molecule has 2 aromatic carbocycles. The molecule has 0 aromatic heterocycles. The largest absolute Gasteiger partial charge is 0.488 e. The molecule has 0 saturated heterocycles. The van der Waals surface area contributed by atoms with E-state index in [1.165, 1.54) is 30.9 Å². The molecular weight excluding hydrogens is 284 g/mol. The minimum Gasteiger partial charge on any atom is -0.488 e. The van der Waals surface area contributed by atoms with Gasteiger partial charge in [-0.05, 0) is 61.1 Å². The van der Waals surface area contributed by atoms with Crippen LogP contribution in [0.4, 0.5) is 0 Å². The van der Waals surface area contributed by atoms with E-state index in [0.717, 1.165) is 12.0 Å². The maximum absolute atomic E-state index is 11.6. The van der Waals surface area contributed by atoms with Crippen molar-refractivity contribution in [1.82, 2.24) is 0 Å². The van der Waals surface area contributed by atoms with Crippen molar-refractivity contribution in [3.63, 3.8) is 0 Å². The monoisotopic (exact) mass is 300 g/mol. The van der Waals surface area contributed by atoms with Gasteiger partial charge in [0.15, 0.2) is 5.78 Å². The number of rotatable bonds is 4. The molecule has 21 heavy (non-hydrogen) atoms. The molecule has 0 fully saturated rings. The minimum atomic E-state index is -0.0403. The summed E-state index contributed by atoms with van der Waals surface area (Å²) in [6.07, 6.45) is 3.58. The number of halogens is 1. The van der Waals surface area contributed by atoms with E-state index in [4.69, 9.17) is 16.3 Å².